The molecule has 0 fully saturated rings. The summed E-state index contributed by atoms with van der Waals surface area (Å²) in [5.74, 6) is 0. The molecule has 0 aromatic rings. The normalized spacial score (nSPS) is 5.40. The standard InChI is InChI=1S/Al.2BO3.Y/c;2*2-1(3)4;/q+3;2*-3;+3. The fourth-order valence-electron chi connectivity index (χ4n) is 0. The second-order valence-electron chi connectivity index (χ2n) is 0.577. The Balaban J connectivity index is -0.0000000300. The van der Waals surface area contributed by atoms with E-state index in [1.54, 1.807) is 0 Å². The molecule has 0 atom stereocenters. The van der Waals surface area contributed by atoms with Gasteiger partial charge in [0.2, 0.25) is 0 Å². The summed E-state index contributed by atoms with van der Waals surface area (Å²) in [6.45, 7) is 0. The van der Waals surface area contributed by atoms with Gasteiger partial charge in [-0.15, -0.1) is 0 Å². The molecule has 0 rings (SSSR count). The second-order valence-corrected chi connectivity index (χ2v) is 0.577. The fraction of sp³-hybridized carbons (Fsp3) is 0. The van der Waals surface area contributed by atoms with E-state index in [1.807, 2.05) is 0 Å². The van der Waals surface area contributed by atoms with Gasteiger partial charge in [-0.2, -0.15) is 0 Å². The summed E-state index contributed by atoms with van der Waals surface area (Å²) in [6, 6.07) is 0. The minimum absolute atomic E-state index is 0. The van der Waals surface area contributed by atoms with Crippen LogP contribution in [0.2, 0.25) is 0 Å². The van der Waals surface area contributed by atoms with Crippen molar-refractivity contribution in [3.05, 3.63) is 0 Å². The van der Waals surface area contributed by atoms with Gasteiger partial charge in [0, 0.05) is 0 Å². The van der Waals surface area contributed by atoms with E-state index in [0.717, 1.165) is 0 Å². The summed E-state index contributed by atoms with van der Waals surface area (Å²) in [5, 5.41) is 50.5. The Labute approximate surface area is 94.3 Å². The third kappa shape index (κ3) is 297. The van der Waals surface area contributed by atoms with Crippen LogP contribution in [0.25, 0.3) is 0 Å². The SMILES string of the molecule is [Al+3].[O-]B([O-])[O-].[O-]B([O-])[O-].[Y+3]. The van der Waals surface area contributed by atoms with Crippen molar-refractivity contribution in [2.75, 3.05) is 0 Å². The van der Waals surface area contributed by atoms with Gasteiger partial charge in [-0.1, -0.05) is 0 Å². The largest absolute Gasteiger partial charge is 3.00 e. The minimum Gasteiger partial charge on any atom is -0.907 e. The van der Waals surface area contributed by atoms with Crippen LogP contribution in [0.1, 0.15) is 0 Å². The van der Waals surface area contributed by atoms with E-state index < -0.39 is 14.6 Å². The van der Waals surface area contributed by atoms with Crippen molar-refractivity contribution in [1.29, 1.82) is 0 Å². The van der Waals surface area contributed by atoms with Crippen molar-refractivity contribution >= 4 is 32.0 Å². The van der Waals surface area contributed by atoms with Gasteiger partial charge in [0.1, 0.15) is 0 Å². The number of rotatable bonds is 0. The van der Waals surface area contributed by atoms with Crippen molar-refractivity contribution in [3.63, 3.8) is 0 Å². The molecule has 0 heterocycles. The predicted octanol–water partition coefficient (Wildman–Crippen LogP) is -8.28. The van der Waals surface area contributed by atoms with Gasteiger partial charge in [0.25, 0.3) is 0 Å². The van der Waals surface area contributed by atoms with Crippen LogP contribution >= 0.6 is 0 Å². The first kappa shape index (κ1) is 22.5. The van der Waals surface area contributed by atoms with Crippen LogP contribution in [0.15, 0.2) is 0 Å². The maximum Gasteiger partial charge on any atom is 3.00 e. The first-order valence-corrected chi connectivity index (χ1v) is 1.41. The van der Waals surface area contributed by atoms with E-state index >= 15 is 0 Å². The van der Waals surface area contributed by atoms with E-state index in [2.05, 4.69) is 0 Å². The zero-order valence-corrected chi connectivity index (χ0v) is 8.75. The van der Waals surface area contributed by atoms with Gasteiger partial charge in [0.15, 0.2) is 0 Å². The Morgan fingerprint density at radius 3 is 0.600 bits per heavy atom. The molecule has 0 aromatic carbocycles. The Morgan fingerprint density at radius 2 is 0.600 bits per heavy atom. The first-order valence-electron chi connectivity index (χ1n) is 1.41. The van der Waals surface area contributed by atoms with Crippen molar-refractivity contribution in [1.82, 2.24) is 0 Å². The van der Waals surface area contributed by atoms with E-state index in [4.69, 9.17) is 30.1 Å². The summed E-state index contributed by atoms with van der Waals surface area (Å²) < 4.78 is 0. The molecule has 0 radical (unpaired) electrons. The van der Waals surface area contributed by atoms with E-state index in [0.29, 0.717) is 0 Å². The van der Waals surface area contributed by atoms with Gasteiger partial charge in [-0.25, -0.2) is 0 Å². The summed E-state index contributed by atoms with van der Waals surface area (Å²) in [6.07, 6.45) is 0. The molecule has 6 nitrogen and oxygen atoms in total. The van der Waals surface area contributed by atoms with Gasteiger partial charge in [-0.3, -0.25) is 14.6 Å². The number of hydrogen-bond acceptors (Lipinski definition) is 6. The second kappa shape index (κ2) is 16.9. The molecule has 10 heteroatoms. The monoisotopic (exact) mass is 234 g/mol. The zero-order valence-electron chi connectivity index (χ0n) is 4.76. The van der Waals surface area contributed by atoms with Gasteiger partial charge in [-0.05, 0) is 0 Å². The average molecular weight is 234 g/mol. The molecule has 0 saturated carbocycles. The van der Waals surface area contributed by atoms with Crippen LogP contribution < -0.4 is 30.1 Å². The van der Waals surface area contributed by atoms with Crippen LogP contribution in [-0.2, 0) is 32.7 Å². The van der Waals surface area contributed by atoms with Gasteiger partial charge in [0.05, 0.1) is 0 Å². The van der Waals surface area contributed by atoms with Crippen LogP contribution in [0.4, 0.5) is 0 Å². The molecule has 48 valence electrons. The van der Waals surface area contributed by atoms with E-state index in [-0.39, 0.29) is 50.1 Å². The molecular weight excluding hydrogens is 234 g/mol. The third-order valence-electron chi connectivity index (χ3n) is 0. The Morgan fingerprint density at radius 1 is 0.600 bits per heavy atom. The Hall–Kier alpha value is 1.53. The molecule has 0 N–H and O–H groups in total. The van der Waals surface area contributed by atoms with Crippen LogP contribution in [0.3, 0.4) is 0 Å². The number of hydrogen-bond donors (Lipinski definition) is 0. The van der Waals surface area contributed by atoms with Crippen molar-refractivity contribution < 1.29 is 62.9 Å². The van der Waals surface area contributed by atoms with Gasteiger partial charge >= 0.3 is 50.1 Å². The van der Waals surface area contributed by atoms with E-state index in [1.165, 1.54) is 0 Å². The van der Waals surface area contributed by atoms with Gasteiger partial charge < -0.3 is 30.1 Å². The third-order valence-corrected chi connectivity index (χ3v) is 0. The van der Waals surface area contributed by atoms with Crippen molar-refractivity contribution in [2.45, 2.75) is 0 Å². The molecular formula is AlB2O6Y. The summed E-state index contributed by atoms with van der Waals surface area (Å²) in [5.41, 5.74) is 0. The average Bonchev–Trinajstić information content (AvgIpc) is 1.25. The summed E-state index contributed by atoms with van der Waals surface area (Å²) >= 11 is 0. The smallest absolute Gasteiger partial charge is 0.907 e. The Bertz CT molecular complexity index is 31.2. The predicted molar refractivity (Wildman–Crippen MR) is 17.3 cm³/mol. The molecule has 0 spiro atoms. The quantitative estimate of drug-likeness (QED) is 0.381. The Kier molecular flexibility index (Phi) is 38.0. The van der Waals surface area contributed by atoms with Crippen molar-refractivity contribution in [2.24, 2.45) is 0 Å². The molecule has 0 amide bonds. The molecule has 0 unspecified atom stereocenters. The molecule has 0 saturated heterocycles. The topological polar surface area (TPSA) is 138 Å². The van der Waals surface area contributed by atoms with E-state index in [9.17, 15) is 0 Å². The maximum absolute atomic E-state index is 8.42. The molecule has 0 aromatic heterocycles. The molecule has 0 aliphatic heterocycles. The molecule has 0 aliphatic carbocycles. The maximum atomic E-state index is 8.42. The minimum atomic E-state index is -2.92. The fourth-order valence-corrected chi connectivity index (χ4v) is 0. The summed E-state index contributed by atoms with van der Waals surface area (Å²) in [4.78, 5) is 0. The van der Waals surface area contributed by atoms with Crippen LogP contribution in [0.5, 0.6) is 0 Å². The molecule has 0 bridgehead atoms. The molecule has 10 heavy (non-hydrogen) atoms. The van der Waals surface area contributed by atoms with Crippen LogP contribution in [0, 0.1) is 0 Å². The summed E-state index contributed by atoms with van der Waals surface area (Å²) in [7, 11) is -5.83. The van der Waals surface area contributed by atoms with Crippen LogP contribution in [-0.4, -0.2) is 32.0 Å². The van der Waals surface area contributed by atoms with Crippen molar-refractivity contribution in [3.8, 4) is 0 Å². The first-order chi connectivity index (χ1) is 3.46. The zero-order chi connectivity index (χ0) is 7.15. The molecule has 0 aliphatic rings.